The van der Waals surface area contributed by atoms with Crippen molar-refractivity contribution in [2.75, 3.05) is 26.7 Å². The first-order valence-electron chi connectivity index (χ1n) is 5.62. The van der Waals surface area contributed by atoms with E-state index in [1.54, 1.807) is 6.26 Å². The quantitative estimate of drug-likeness (QED) is 0.806. The van der Waals surface area contributed by atoms with Crippen molar-refractivity contribution in [1.29, 1.82) is 0 Å². The van der Waals surface area contributed by atoms with Crippen LogP contribution in [0.3, 0.4) is 0 Å². The second kappa shape index (κ2) is 5.28. The Kier molecular flexibility index (Phi) is 3.75. The average molecular weight is 209 g/mol. The Morgan fingerprint density at radius 1 is 1.53 bits per heavy atom. The topological polar surface area (TPSA) is 41.3 Å². The summed E-state index contributed by atoms with van der Waals surface area (Å²) in [5, 5.41) is 3.25. The van der Waals surface area contributed by atoms with E-state index in [0.29, 0.717) is 0 Å². The van der Waals surface area contributed by atoms with Crippen LogP contribution in [0, 0.1) is 5.92 Å². The maximum atomic E-state index is 4.97. The van der Waals surface area contributed by atoms with Crippen LogP contribution in [0.15, 0.2) is 17.1 Å². The molecule has 15 heavy (non-hydrogen) atoms. The van der Waals surface area contributed by atoms with E-state index in [9.17, 15) is 0 Å². The average Bonchev–Trinajstić information content (AvgIpc) is 2.74. The predicted octanol–water partition coefficient (Wildman–Crippen LogP) is 1.11. The summed E-state index contributed by atoms with van der Waals surface area (Å²) < 4.78 is 4.97. The van der Waals surface area contributed by atoms with Gasteiger partial charge in [0.15, 0.2) is 6.39 Å². The molecule has 0 unspecified atom stereocenters. The summed E-state index contributed by atoms with van der Waals surface area (Å²) in [6, 6.07) is 0. The van der Waals surface area contributed by atoms with Gasteiger partial charge in [-0.3, -0.25) is 4.90 Å². The van der Waals surface area contributed by atoms with Gasteiger partial charge in [0.1, 0.15) is 6.26 Å². The molecule has 2 rings (SSSR count). The summed E-state index contributed by atoms with van der Waals surface area (Å²) in [7, 11) is 2.03. The Balaban J connectivity index is 1.74. The number of likely N-dealkylation sites (tertiary alicyclic amines) is 1. The summed E-state index contributed by atoms with van der Waals surface area (Å²) in [6.07, 6.45) is 5.82. The number of rotatable bonds is 4. The number of hydrogen-bond donors (Lipinski definition) is 1. The summed E-state index contributed by atoms with van der Waals surface area (Å²) >= 11 is 0. The number of nitrogens with zero attached hydrogens (tertiary/aromatic N) is 2. The Labute approximate surface area is 90.7 Å². The zero-order valence-corrected chi connectivity index (χ0v) is 9.28. The molecule has 2 heterocycles. The van der Waals surface area contributed by atoms with Gasteiger partial charge in [-0.25, -0.2) is 4.98 Å². The first-order valence-corrected chi connectivity index (χ1v) is 5.62. The van der Waals surface area contributed by atoms with E-state index in [4.69, 9.17) is 4.42 Å². The lowest BCUT2D eigenvalue weighted by Gasteiger charge is -2.31. The van der Waals surface area contributed by atoms with Crippen molar-refractivity contribution in [3.63, 3.8) is 0 Å². The first-order chi connectivity index (χ1) is 7.38. The highest BCUT2D eigenvalue weighted by molar-refractivity contribution is 4.91. The van der Waals surface area contributed by atoms with Crippen molar-refractivity contribution >= 4 is 0 Å². The van der Waals surface area contributed by atoms with Gasteiger partial charge in [0, 0.05) is 6.54 Å². The molecule has 84 valence electrons. The highest BCUT2D eigenvalue weighted by atomic mass is 16.3. The summed E-state index contributed by atoms with van der Waals surface area (Å²) in [6.45, 7) is 4.44. The van der Waals surface area contributed by atoms with E-state index >= 15 is 0 Å². The van der Waals surface area contributed by atoms with Crippen LogP contribution in [0.2, 0.25) is 0 Å². The lowest BCUT2D eigenvalue weighted by molar-refractivity contribution is 0.175. The second-order valence-corrected chi connectivity index (χ2v) is 4.26. The molecule has 4 nitrogen and oxygen atoms in total. The van der Waals surface area contributed by atoms with Crippen molar-refractivity contribution in [2.24, 2.45) is 5.92 Å². The van der Waals surface area contributed by atoms with Crippen LogP contribution in [-0.2, 0) is 6.54 Å². The van der Waals surface area contributed by atoms with Crippen LogP contribution in [0.4, 0.5) is 0 Å². The van der Waals surface area contributed by atoms with Gasteiger partial charge in [0.05, 0.1) is 5.69 Å². The molecule has 0 atom stereocenters. The molecule has 1 aromatic rings. The zero-order valence-electron chi connectivity index (χ0n) is 9.28. The van der Waals surface area contributed by atoms with Gasteiger partial charge in [-0.1, -0.05) is 0 Å². The molecule has 0 aromatic carbocycles. The minimum absolute atomic E-state index is 0.851. The number of piperidine rings is 1. The zero-order chi connectivity index (χ0) is 10.5. The van der Waals surface area contributed by atoms with Crippen LogP contribution in [0.25, 0.3) is 0 Å². The van der Waals surface area contributed by atoms with E-state index < -0.39 is 0 Å². The third-order valence-electron chi connectivity index (χ3n) is 3.07. The molecule has 1 N–H and O–H groups in total. The molecule has 0 saturated carbocycles. The fraction of sp³-hybridized carbons (Fsp3) is 0.727. The summed E-state index contributed by atoms with van der Waals surface area (Å²) in [5.74, 6) is 0.851. The van der Waals surface area contributed by atoms with Crippen LogP contribution in [-0.4, -0.2) is 36.6 Å². The SMILES string of the molecule is CNCC1CCN(Cc2cocn2)CC1. The molecule has 0 bridgehead atoms. The fourth-order valence-corrected chi connectivity index (χ4v) is 2.18. The minimum Gasteiger partial charge on any atom is -0.451 e. The minimum atomic E-state index is 0.851. The van der Waals surface area contributed by atoms with E-state index in [0.717, 1.165) is 24.7 Å². The maximum Gasteiger partial charge on any atom is 0.180 e. The summed E-state index contributed by atoms with van der Waals surface area (Å²) in [4.78, 5) is 6.59. The van der Waals surface area contributed by atoms with E-state index in [1.807, 2.05) is 7.05 Å². The van der Waals surface area contributed by atoms with Gasteiger partial charge in [0.2, 0.25) is 0 Å². The number of oxazole rings is 1. The van der Waals surface area contributed by atoms with E-state index in [2.05, 4.69) is 15.2 Å². The third kappa shape index (κ3) is 3.04. The standard InChI is InChI=1S/C11H19N3O/c1-12-6-10-2-4-14(5-3-10)7-11-8-15-9-13-11/h8-10,12H,2-7H2,1H3. The lowest BCUT2D eigenvalue weighted by Crippen LogP contribution is -2.36. The van der Waals surface area contributed by atoms with Gasteiger partial charge in [-0.15, -0.1) is 0 Å². The molecule has 0 aliphatic carbocycles. The Morgan fingerprint density at radius 2 is 2.33 bits per heavy atom. The van der Waals surface area contributed by atoms with Gasteiger partial charge >= 0.3 is 0 Å². The van der Waals surface area contributed by atoms with Crippen molar-refractivity contribution in [2.45, 2.75) is 19.4 Å². The molecular formula is C11H19N3O. The largest absolute Gasteiger partial charge is 0.451 e. The van der Waals surface area contributed by atoms with Gasteiger partial charge < -0.3 is 9.73 Å². The normalized spacial score (nSPS) is 19.5. The molecule has 1 aromatic heterocycles. The number of hydrogen-bond acceptors (Lipinski definition) is 4. The van der Waals surface area contributed by atoms with Crippen LogP contribution in [0.1, 0.15) is 18.5 Å². The molecule has 4 heteroatoms. The highest BCUT2D eigenvalue weighted by Crippen LogP contribution is 2.17. The van der Waals surface area contributed by atoms with Gasteiger partial charge in [-0.05, 0) is 45.4 Å². The van der Waals surface area contributed by atoms with Crippen molar-refractivity contribution in [1.82, 2.24) is 15.2 Å². The molecule has 1 aliphatic heterocycles. The fourth-order valence-electron chi connectivity index (χ4n) is 2.18. The van der Waals surface area contributed by atoms with Crippen LogP contribution >= 0.6 is 0 Å². The third-order valence-corrected chi connectivity index (χ3v) is 3.07. The monoisotopic (exact) mass is 209 g/mol. The molecule has 0 spiro atoms. The van der Waals surface area contributed by atoms with Crippen LogP contribution < -0.4 is 5.32 Å². The molecular weight excluding hydrogens is 190 g/mol. The Bertz CT molecular complexity index is 265. The smallest absolute Gasteiger partial charge is 0.180 e. The van der Waals surface area contributed by atoms with Crippen molar-refractivity contribution in [3.05, 3.63) is 18.4 Å². The predicted molar refractivity (Wildman–Crippen MR) is 58.4 cm³/mol. The summed E-state index contributed by atoms with van der Waals surface area (Å²) in [5.41, 5.74) is 1.04. The second-order valence-electron chi connectivity index (χ2n) is 4.26. The number of aromatic nitrogens is 1. The highest BCUT2D eigenvalue weighted by Gasteiger charge is 2.18. The van der Waals surface area contributed by atoms with Crippen molar-refractivity contribution in [3.8, 4) is 0 Å². The van der Waals surface area contributed by atoms with E-state index in [-0.39, 0.29) is 0 Å². The molecule has 1 aliphatic rings. The Hall–Kier alpha value is -0.870. The van der Waals surface area contributed by atoms with Gasteiger partial charge in [0.25, 0.3) is 0 Å². The maximum absolute atomic E-state index is 4.97. The molecule has 0 radical (unpaired) electrons. The first kappa shape index (κ1) is 10.6. The van der Waals surface area contributed by atoms with Gasteiger partial charge in [-0.2, -0.15) is 0 Å². The van der Waals surface area contributed by atoms with Crippen LogP contribution in [0.5, 0.6) is 0 Å². The number of nitrogens with one attached hydrogen (secondary N) is 1. The molecule has 1 saturated heterocycles. The molecule has 0 amide bonds. The molecule has 1 fully saturated rings. The Morgan fingerprint density at radius 3 is 2.93 bits per heavy atom. The lowest BCUT2D eigenvalue weighted by atomic mass is 9.97. The van der Waals surface area contributed by atoms with Crippen molar-refractivity contribution < 1.29 is 4.42 Å². The van der Waals surface area contributed by atoms with E-state index in [1.165, 1.54) is 32.3 Å².